The average Bonchev–Trinajstić information content (AvgIpc) is 2.42. The molecule has 0 spiro atoms. The molecule has 2 aromatic carbocycles. The zero-order chi connectivity index (χ0) is 14.7. The van der Waals surface area contributed by atoms with Crippen LogP contribution in [0, 0.1) is 5.82 Å². The second kappa shape index (κ2) is 5.92. The zero-order valence-corrected chi connectivity index (χ0v) is 12.1. The van der Waals surface area contributed by atoms with Gasteiger partial charge in [0.1, 0.15) is 23.1 Å². The minimum absolute atomic E-state index is 0.0206. The van der Waals surface area contributed by atoms with E-state index < -0.39 is 11.7 Å². The van der Waals surface area contributed by atoms with Gasteiger partial charge in [-0.25, -0.2) is 4.39 Å². The molecular formula is C14H11BrFNO3. The summed E-state index contributed by atoms with van der Waals surface area (Å²) in [6, 6.07) is 8.66. The average molecular weight is 340 g/mol. The molecule has 0 bridgehead atoms. The van der Waals surface area contributed by atoms with Gasteiger partial charge in [-0.15, -0.1) is 0 Å². The second-order valence-electron chi connectivity index (χ2n) is 3.90. The first-order chi connectivity index (χ1) is 9.51. The third-order valence-corrected chi connectivity index (χ3v) is 3.19. The molecule has 0 aliphatic rings. The van der Waals surface area contributed by atoms with Gasteiger partial charge in [0.25, 0.3) is 5.91 Å². The minimum atomic E-state index is -0.760. The van der Waals surface area contributed by atoms with Crippen molar-refractivity contribution >= 4 is 21.8 Å². The standard InChI is InChI=1S/C14H11BrFNO3/c1-19-9-3-5-13(11(15)7-9)20-12-4-2-8(16)6-10(12)14(17)18/h2-7H,1H3,(H2,17,18). The molecule has 0 radical (unpaired) electrons. The molecule has 2 N–H and O–H groups in total. The Morgan fingerprint density at radius 3 is 2.50 bits per heavy atom. The van der Waals surface area contributed by atoms with Gasteiger partial charge in [0.05, 0.1) is 17.1 Å². The van der Waals surface area contributed by atoms with Crippen molar-refractivity contribution in [2.24, 2.45) is 5.73 Å². The summed E-state index contributed by atoms with van der Waals surface area (Å²) >= 11 is 3.33. The van der Waals surface area contributed by atoms with E-state index in [2.05, 4.69) is 15.9 Å². The molecule has 4 nitrogen and oxygen atoms in total. The van der Waals surface area contributed by atoms with Gasteiger partial charge in [-0.2, -0.15) is 0 Å². The van der Waals surface area contributed by atoms with Crippen LogP contribution in [0.2, 0.25) is 0 Å². The van der Waals surface area contributed by atoms with E-state index in [1.807, 2.05) is 0 Å². The lowest BCUT2D eigenvalue weighted by Crippen LogP contribution is -2.12. The largest absolute Gasteiger partial charge is 0.497 e. The number of carbonyl (C=O) groups is 1. The highest BCUT2D eigenvalue weighted by Gasteiger charge is 2.13. The van der Waals surface area contributed by atoms with Crippen LogP contribution in [0.3, 0.4) is 0 Å². The second-order valence-corrected chi connectivity index (χ2v) is 4.76. The number of rotatable bonds is 4. The van der Waals surface area contributed by atoms with Crippen molar-refractivity contribution in [3.8, 4) is 17.2 Å². The first-order valence-electron chi connectivity index (χ1n) is 5.62. The lowest BCUT2D eigenvalue weighted by atomic mass is 10.2. The maximum atomic E-state index is 13.1. The third-order valence-electron chi connectivity index (χ3n) is 2.57. The fraction of sp³-hybridized carbons (Fsp3) is 0.0714. The van der Waals surface area contributed by atoms with Crippen molar-refractivity contribution in [3.05, 3.63) is 52.3 Å². The molecule has 0 heterocycles. The molecule has 104 valence electrons. The van der Waals surface area contributed by atoms with Crippen LogP contribution in [-0.4, -0.2) is 13.0 Å². The molecule has 0 unspecified atom stereocenters. The molecule has 0 aromatic heterocycles. The summed E-state index contributed by atoms with van der Waals surface area (Å²) in [5, 5.41) is 0. The van der Waals surface area contributed by atoms with Gasteiger partial charge < -0.3 is 15.2 Å². The highest BCUT2D eigenvalue weighted by molar-refractivity contribution is 9.10. The van der Waals surface area contributed by atoms with Crippen molar-refractivity contribution in [2.75, 3.05) is 7.11 Å². The predicted molar refractivity (Wildman–Crippen MR) is 75.7 cm³/mol. The Kier molecular flexibility index (Phi) is 4.24. The van der Waals surface area contributed by atoms with E-state index in [-0.39, 0.29) is 11.3 Å². The number of hydrogen-bond donors (Lipinski definition) is 1. The van der Waals surface area contributed by atoms with E-state index in [1.54, 1.807) is 25.3 Å². The van der Waals surface area contributed by atoms with E-state index in [1.165, 1.54) is 12.1 Å². The van der Waals surface area contributed by atoms with Crippen molar-refractivity contribution in [2.45, 2.75) is 0 Å². The summed E-state index contributed by atoms with van der Waals surface area (Å²) in [4.78, 5) is 11.3. The van der Waals surface area contributed by atoms with Gasteiger partial charge in [0, 0.05) is 0 Å². The summed E-state index contributed by atoms with van der Waals surface area (Å²) in [7, 11) is 1.55. The van der Waals surface area contributed by atoms with E-state index in [0.29, 0.717) is 16.0 Å². The number of primary amides is 1. The lowest BCUT2D eigenvalue weighted by molar-refractivity contribution is 0.0997. The van der Waals surface area contributed by atoms with E-state index >= 15 is 0 Å². The summed E-state index contributed by atoms with van der Waals surface area (Å²) in [6.07, 6.45) is 0. The molecule has 1 amide bonds. The highest BCUT2D eigenvalue weighted by atomic mass is 79.9. The Morgan fingerprint density at radius 1 is 1.20 bits per heavy atom. The van der Waals surface area contributed by atoms with Crippen LogP contribution >= 0.6 is 15.9 Å². The molecule has 0 aliphatic carbocycles. The van der Waals surface area contributed by atoms with Crippen molar-refractivity contribution in [1.82, 2.24) is 0 Å². The van der Waals surface area contributed by atoms with Crippen LogP contribution in [0.1, 0.15) is 10.4 Å². The summed E-state index contributed by atoms with van der Waals surface area (Å²) in [5.74, 6) is -0.0211. The van der Waals surface area contributed by atoms with Gasteiger partial charge in [0.2, 0.25) is 0 Å². The smallest absolute Gasteiger partial charge is 0.252 e. The molecular weight excluding hydrogens is 329 g/mol. The van der Waals surface area contributed by atoms with Crippen molar-refractivity contribution in [1.29, 1.82) is 0 Å². The molecule has 2 rings (SSSR count). The Morgan fingerprint density at radius 2 is 1.90 bits per heavy atom. The molecule has 0 aliphatic heterocycles. The SMILES string of the molecule is COc1ccc(Oc2ccc(F)cc2C(N)=O)c(Br)c1. The van der Waals surface area contributed by atoms with Crippen LogP contribution in [0.15, 0.2) is 40.9 Å². The van der Waals surface area contributed by atoms with Crippen LogP contribution in [0.5, 0.6) is 17.2 Å². The van der Waals surface area contributed by atoms with Gasteiger partial charge in [-0.1, -0.05) is 0 Å². The summed E-state index contributed by atoms with van der Waals surface area (Å²) in [6.45, 7) is 0. The van der Waals surface area contributed by atoms with E-state index in [9.17, 15) is 9.18 Å². The molecule has 2 aromatic rings. The summed E-state index contributed by atoms with van der Waals surface area (Å²) in [5.41, 5.74) is 5.18. The molecule has 0 saturated carbocycles. The predicted octanol–water partition coefficient (Wildman–Crippen LogP) is 3.49. The van der Waals surface area contributed by atoms with Crippen molar-refractivity contribution < 1.29 is 18.7 Å². The van der Waals surface area contributed by atoms with Gasteiger partial charge in [-0.3, -0.25) is 4.79 Å². The van der Waals surface area contributed by atoms with E-state index in [4.69, 9.17) is 15.2 Å². The highest BCUT2D eigenvalue weighted by Crippen LogP contribution is 2.34. The number of benzene rings is 2. The molecule has 0 atom stereocenters. The van der Waals surface area contributed by atoms with Crippen LogP contribution in [-0.2, 0) is 0 Å². The maximum absolute atomic E-state index is 13.1. The maximum Gasteiger partial charge on any atom is 0.252 e. The Balaban J connectivity index is 2.37. The summed E-state index contributed by atoms with van der Waals surface area (Å²) < 4.78 is 24.4. The number of ether oxygens (including phenoxy) is 2. The fourth-order valence-corrected chi connectivity index (χ4v) is 2.03. The lowest BCUT2D eigenvalue weighted by Gasteiger charge is -2.11. The topological polar surface area (TPSA) is 61.6 Å². The van der Waals surface area contributed by atoms with Crippen LogP contribution in [0.4, 0.5) is 4.39 Å². The number of amides is 1. The monoisotopic (exact) mass is 339 g/mol. The number of methoxy groups -OCH3 is 1. The van der Waals surface area contributed by atoms with Gasteiger partial charge in [-0.05, 0) is 52.3 Å². The Labute approximate surface area is 123 Å². The first-order valence-corrected chi connectivity index (χ1v) is 6.41. The van der Waals surface area contributed by atoms with Crippen molar-refractivity contribution in [3.63, 3.8) is 0 Å². The molecule has 0 fully saturated rings. The zero-order valence-electron chi connectivity index (χ0n) is 10.5. The third kappa shape index (κ3) is 3.08. The Bertz CT molecular complexity index is 661. The molecule has 6 heteroatoms. The number of carbonyl (C=O) groups excluding carboxylic acids is 1. The number of hydrogen-bond acceptors (Lipinski definition) is 3. The first kappa shape index (κ1) is 14.3. The van der Waals surface area contributed by atoms with Crippen LogP contribution < -0.4 is 15.2 Å². The van der Waals surface area contributed by atoms with E-state index in [0.717, 1.165) is 6.07 Å². The minimum Gasteiger partial charge on any atom is -0.497 e. The molecule has 20 heavy (non-hydrogen) atoms. The Hall–Kier alpha value is -2.08. The number of halogens is 2. The number of nitrogens with two attached hydrogens (primary N) is 1. The van der Waals surface area contributed by atoms with Gasteiger partial charge in [0.15, 0.2) is 0 Å². The fourth-order valence-electron chi connectivity index (χ4n) is 1.59. The normalized spacial score (nSPS) is 10.2. The van der Waals surface area contributed by atoms with Crippen LogP contribution in [0.25, 0.3) is 0 Å². The molecule has 0 saturated heterocycles. The quantitative estimate of drug-likeness (QED) is 0.927. The van der Waals surface area contributed by atoms with Gasteiger partial charge >= 0.3 is 0 Å².